The molecule has 0 radical (unpaired) electrons. The molecule has 0 aliphatic carbocycles. The minimum atomic E-state index is -0.759. The molecule has 3 heterocycles. The van der Waals surface area contributed by atoms with Gasteiger partial charge in [-0.2, -0.15) is 0 Å². The molecule has 29 heavy (non-hydrogen) atoms. The number of aliphatic hydroxyl groups is 1. The fourth-order valence-electron chi connectivity index (χ4n) is 3.72. The van der Waals surface area contributed by atoms with Gasteiger partial charge in [-0.1, -0.05) is 30.3 Å². The molecule has 146 valence electrons. The van der Waals surface area contributed by atoms with E-state index in [0.29, 0.717) is 48.9 Å². The quantitative estimate of drug-likeness (QED) is 0.728. The first-order valence-corrected chi connectivity index (χ1v) is 9.63. The average molecular weight is 388 g/mol. The number of pyridine rings is 1. The lowest BCUT2D eigenvalue weighted by molar-refractivity contribution is 0.0303. The molecule has 1 atom stereocenters. The van der Waals surface area contributed by atoms with Crippen molar-refractivity contribution in [3.63, 3.8) is 0 Å². The van der Waals surface area contributed by atoms with Gasteiger partial charge in [-0.05, 0) is 18.2 Å². The van der Waals surface area contributed by atoms with Crippen molar-refractivity contribution < 1.29 is 19.4 Å². The fourth-order valence-corrected chi connectivity index (χ4v) is 3.72. The Kier molecular flexibility index (Phi) is 4.50. The van der Waals surface area contributed by atoms with Crippen LogP contribution in [-0.2, 0) is 4.74 Å². The first-order chi connectivity index (χ1) is 14.2. The molecule has 1 N–H and O–H groups in total. The highest BCUT2D eigenvalue weighted by atomic mass is 16.5. The molecule has 6 nitrogen and oxygen atoms in total. The topological polar surface area (TPSA) is 71.9 Å². The number of aromatic nitrogens is 1. The number of hydrogen-bond donors (Lipinski definition) is 1. The molecule has 2 aromatic carbocycles. The second kappa shape index (κ2) is 7.31. The van der Waals surface area contributed by atoms with Gasteiger partial charge in [0, 0.05) is 47.6 Å². The third kappa shape index (κ3) is 3.26. The summed E-state index contributed by atoms with van der Waals surface area (Å²) >= 11 is 0. The summed E-state index contributed by atoms with van der Waals surface area (Å²) in [7, 11) is 0. The fraction of sp³-hybridized carbons (Fsp3) is 0.217. The number of amides is 1. The number of ether oxygens (including phenoxy) is 2. The molecule has 3 aromatic rings. The number of para-hydroxylation sites is 1. The number of carbonyl (C=O) groups excluding carboxylic acids is 1. The smallest absolute Gasteiger partial charge is 0.254 e. The molecule has 2 aliphatic rings. The van der Waals surface area contributed by atoms with Crippen molar-refractivity contribution in [2.45, 2.75) is 6.10 Å². The molecule has 1 unspecified atom stereocenters. The maximum atomic E-state index is 12.6. The zero-order valence-corrected chi connectivity index (χ0v) is 15.7. The van der Waals surface area contributed by atoms with Crippen LogP contribution >= 0.6 is 0 Å². The summed E-state index contributed by atoms with van der Waals surface area (Å²) in [5, 5.41) is 10.6. The molecule has 2 aliphatic heterocycles. The monoisotopic (exact) mass is 388 g/mol. The highest BCUT2D eigenvalue weighted by molar-refractivity contribution is 5.94. The number of benzene rings is 2. The van der Waals surface area contributed by atoms with Crippen LogP contribution in [0.5, 0.6) is 11.5 Å². The summed E-state index contributed by atoms with van der Waals surface area (Å²) in [6.45, 7) is 2.40. The third-order valence-corrected chi connectivity index (χ3v) is 5.35. The molecule has 6 heteroatoms. The van der Waals surface area contributed by atoms with Gasteiger partial charge in [0.05, 0.1) is 18.9 Å². The van der Waals surface area contributed by atoms with Gasteiger partial charge in [-0.3, -0.25) is 9.78 Å². The normalized spacial score (nSPS) is 17.8. The van der Waals surface area contributed by atoms with E-state index in [4.69, 9.17) is 9.47 Å². The van der Waals surface area contributed by atoms with Crippen LogP contribution in [0.4, 0.5) is 0 Å². The van der Waals surface area contributed by atoms with Gasteiger partial charge in [-0.15, -0.1) is 0 Å². The molecule has 0 bridgehead atoms. The average Bonchev–Trinajstić information content (AvgIpc) is 2.79. The van der Waals surface area contributed by atoms with Crippen LogP contribution in [0.15, 0.2) is 60.8 Å². The van der Waals surface area contributed by atoms with Crippen LogP contribution in [0.2, 0.25) is 0 Å². The van der Waals surface area contributed by atoms with Gasteiger partial charge in [0.1, 0.15) is 17.6 Å². The number of fused-ring (bicyclic) bond motifs is 2. The molecular formula is C23H20N2O4. The predicted molar refractivity (Wildman–Crippen MR) is 107 cm³/mol. The van der Waals surface area contributed by atoms with Crippen molar-refractivity contribution in [2.75, 3.05) is 26.3 Å². The Morgan fingerprint density at radius 3 is 2.55 bits per heavy atom. The van der Waals surface area contributed by atoms with Crippen LogP contribution < -0.4 is 4.74 Å². The molecule has 1 amide bonds. The molecule has 1 saturated heterocycles. The van der Waals surface area contributed by atoms with E-state index < -0.39 is 6.10 Å². The number of hydrogen-bond acceptors (Lipinski definition) is 5. The first kappa shape index (κ1) is 17.8. The van der Waals surface area contributed by atoms with Gasteiger partial charge >= 0.3 is 0 Å². The second-order valence-corrected chi connectivity index (χ2v) is 7.13. The van der Waals surface area contributed by atoms with E-state index in [2.05, 4.69) is 4.98 Å². The number of carbonyl (C=O) groups is 1. The van der Waals surface area contributed by atoms with Crippen molar-refractivity contribution in [2.24, 2.45) is 0 Å². The van der Waals surface area contributed by atoms with Crippen LogP contribution in [0.3, 0.4) is 0 Å². The highest BCUT2D eigenvalue weighted by Gasteiger charge is 2.26. The summed E-state index contributed by atoms with van der Waals surface area (Å²) < 4.78 is 11.3. The molecule has 0 spiro atoms. The Hall–Kier alpha value is -3.22. The van der Waals surface area contributed by atoms with E-state index in [-0.39, 0.29) is 5.91 Å². The van der Waals surface area contributed by atoms with Crippen molar-refractivity contribution in [1.29, 1.82) is 0 Å². The number of nitrogens with zero attached hydrogens (tertiary/aromatic N) is 2. The zero-order valence-electron chi connectivity index (χ0n) is 15.7. The standard InChI is InChI=1S/C23H20N2O4/c26-22-17-3-1-2-4-20(17)29-21-13-19(24-14-18(21)22)15-5-7-16(8-6-15)23(27)25-9-11-28-12-10-25/h1-8,13-14,22,26H,9-12H2. The van der Waals surface area contributed by atoms with Gasteiger partial charge in [0.15, 0.2) is 0 Å². The van der Waals surface area contributed by atoms with Crippen LogP contribution in [-0.4, -0.2) is 47.2 Å². The third-order valence-electron chi connectivity index (χ3n) is 5.35. The molecule has 0 saturated carbocycles. The van der Waals surface area contributed by atoms with Gasteiger partial charge in [0.25, 0.3) is 5.91 Å². The van der Waals surface area contributed by atoms with E-state index in [1.165, 1.54) is 0 Å². The Balaban J connectivity index is 1.40. The first-order valence-electron chi connectivity index (χ1n) is 9.63. The molecule has 1 fully saturated rings. The van der Waals surface area contributed by atoms with Gasteiger partial charge < -0.3 is 19.5 Å². The number of morpholine rings is 1. The SMILES string of the molecule is O=C(c1ccc(-c2cc3c(cn2)C(O)c2ccccc2O3)cc1)N1CCOCC1. The van der Waals surface area contributed by atoms with Crippen molar-refractivity contribution in [1.82, 2.24) is 9.88 Å². The van der Waals surface area contributed by atoms with Gasteiger partial charge in [0.2, 0.25) is 0 Å². The van der Waals surface area contributed by atoms with Crippen molar-refractivity contribution in [3.8, 4) is 22.8 Å². The summed E-state index contributed by atoms with van der Waals surface area (Å²) in [5.74, 6) is 1.26. The summed E-state index contributed by atoms with van der Waals surface area (Å²) in [6.07, 6.45) is 0.892. The zero-order chi connectivity index (χ0) is 19.8. The second-order valence-electron chi connectivity index (χ2n) is 7.13. The van der Waals surface area contributed by atoms with E-state index in [9.17, 15) is 9.90 Å². The predicted octanol–water partition coefficient (Wildman–Crippen LogP) is 3.41. The molecular weight excluding hydrogens is 368 g/mol. The summed E-state index contributed by atoms with van der Waals surface area (Å²) in [6, 6.07) is 16.7. The maximum absolute atomic E-state index is 12.6. The Bertz CT molecular complexity index is 1060. The minimum absolute atomic E-state index is 0.0151. The lowest BCUT2D eigenvalue weighted by Gasteiger charge is -2.27. The minimum Gasteiger partial charge on any atom is -0.456 e. The van der Waals surface area contributed by atoms with E-state index >= 15 is 0 Å². The Morgan fingerprint density at radius 1 is 1.00 bits per heavy atom. The van der Waals surface area contributed by atoms with Gasteiger partial charge in [-0.25, -0.2) is 0 Å². The summed E-state index contributed by atoms with van der Waals surface area (Å²) in [4.78, 5) is 18.9. The van der Waals surface area contributed by atoms with Crippen LogP contribution in [0.1, 0.15) is 27.6 Å². The van der Waals surface area contributed by atoms with E-state index in [0.717, 1.165) is 16.8 Å². The van der Waals surface area contributed by atoms with Crippen LogP contribution in [0.25, 0.3) is 11.3 Å². The number of aliphatic hydroxyl groups excluding tert-OH is 1. The van der Waals surface area contributed by atoms with Crippen molar-refractivity contribution >= 4 is 5.91 Å². The molecule has 1 aromatic heterocycles. The largest absolute Gasteiger partial charge is 0.456 e. The van der Waals surface area contributed by atoms with E-state index in [1.54, 1.807) is 6.20 Å². The van der Waals surface area contributed by atoms with Crippen LogP contribution in [0, 0.1) is 0 Å². The van der Waals surface area contributed by atoms with E-state index in [1.807, 2.05) is 59.5 Å². The summed E-state index contributed by atoms with van der Waals surface area (Å²) in [5.41, 5.74) is 3.63. The Morgan fingerprint density at radius 2 is 1.76 bits per heavy atom. The highest BCUT2D eigenvalue weighted by Crippen LogP contribution is 2.43. The van der Waals surface area contributed by atoms with Crippen molar-refractivity contribution in [3.05, 3.63) is 77.5 Å². The molecule has 5 rings (SSSR count). The maximum Gasteiger partial charge on any atom is 0.254 e. The lowest BCUT2D eigenvalue weighted by Crippen LogP contribution is -2.40. The lowest BCUT2D eigenvalue weighted by atomic mass is 9.97. The Labute approximate surface area is 168 Å². The number of rotatable bonds is 2.